The molecule has 4 nitrogen and oxygen atoms in total. The van der Waals surface area contributed by atoms with Crippen molar-refractivity contribution < 1.29 is 14.3 Å². The van der Waals surface area contributed by atoms with E-state index in [1.807, 2.05) is 0 Å². The Morgan fingerprint density at radius 2 is 2.18 bits per heavy atom. The van der Waals surface area contributed by atoms with Gasteiger partial charge in [0.1, 0.15) is 5.76 Å². The van der Waals surface area contributed by atoms with Crippen molar-refractivity contribution in [2.24, 2.45) is 0 Å². The predicted octanol–water partition coefficient (Wildman–Crippen LogP) is 1.97. The minimum Gasteiger partial charge on any atom is -0.469 e. The molecule has 0 aliphatic heterocycles. The molecule has 2 rings (SSSR count). The lowest BCUT2D eigenvalue weighted by atomic mass is 10.0. The molecule has 4 heteroatoms. The molecule has 0 unspecified atom stereocenters. The monoisotopic (exact) mass is 237 g/mol. The highest BCUT2D eigenvalue weighted by molar-refractivity contribution is 5.94. The molecular formula is C13H19NO3. The highest BCUT2D eigenvalue weighted by Gasteiger charge is 2.33. The van der Waals surface area contributed by atoms with Crippen molar-refractivity contribution in [1.82, 2.24) is 4.90 Å². The lowest BCUT2D eigenvalue weighted by Crippen LogP contribution is -2.42. The van der Waals surface area contributed by atoms with Gasteiger partial charge in [0, 0.05) is 13.6 Å². The maximum atomic E-state index is 12.1. The van der Waals surface area contributed by atoms with Gasteiger partial charge in [0.25, 0.3) is 5.91 Å². The molecule has 0 aromatic carbocycles. The SMILES string of the molecule is Cc1occc1C(=O)N(C)CC1(O)CCCC1. The van der Waals surface area contributed by atoms with Crippen LogP contribution in [0.15, 0.2) is 16.7 Å². The molecule has 0 spiro atoms. The van der Waals surface area contributed by atoms with Crippen LogP contribution in [-0.2, 0) is 0 Å². The zero-order valence-corrected chi connectivity index (χ0v) is 10.4. The third kappa shape index (κ3) is 2.52. The van der Waals surface area contributed by atoms with Crippen molar-refractivity contribution in [3.05, 3.63) is 23.7 Å². The molecule has 0 bridgehead atoms. The minimum atomic E-state index is -0.692. The van der Waals surface area contributed by atoms with Crippen LogP contribution in [0.3, 0.4) is 0 Å². The number of rotatable bonds is 3. The molecule has 17 heavy (non-hydrogen) atoms. The number of amides is 1. The number of hydrogen-bond donors (Lipinski definition) is 1. The van der Waals surface area contributed by atoms with E-state index in [2.05, 4.69) is 0 Å². The van der Waals surface area contributed by atoms with Crippen LogP contribution in [0.5, 0.6) is 0 Å². The van der Waals surface area contributed by atoms with E-state index in [0.29, 0.717) is 17.9 Å². The van der Waals surface area contributed by atoms with Gasteiger partial charge >= 0.3 is 0 Å². The lowest BCUT2D eigenvalue weighted by molar-refractivity contribution is 0.0156. The molecule has 1 N–H and O–H groups in total. The zero-order chi connectivity index (χ0) is 12.5. The summed E-state index contributed by atoms with van der Waals surface area (Å²) >= 11 is 0. The first kappa shape index (κ1) is 12.2. The number of carbonyl (C=O) groups excluding carboxylic acids is 1. The summed E-state index contributed by atoms with van der Waals surface area (Å²) in [6, 6.07) is 1.67. The van der Waals surface area contributed by atoms with Gasteiger partial charge in [0.15, 0.2) is 0 Å². The summed E-state index contributed by atoms with van der Waals surface area (Å²) in [5.41, 5.74) is -0.115. The molecule has 1 aromatic heterocycles. The Morgan fingerprint density at radius 1 is 1.53 bits per heavy atom. The quantitative estimate of drug-likeness (QED) is 0.874. The van der Waals surface area contributed by atoms with Crippen molar-refractivity contribution in [3.63, 3.8) is 0 Å². The molecule has 0 atom stereocenters. The number of likely N-dealkylation sites (N-methyl/N-ethyl adjacent to an activating group) is 1. The van der Waals surface area contributed by atoms with E-state index in [1.165, 1.54) is 6.26 Å². The van der Waals surface area contributed by atoms with E-state index < -0.39 is 5.60 Å². The van der Waals surface area contributed by atoms with Gasteiger partial charge in [-0.3, -0.25) is 4.79 Å². The Labute approximate surface area is 101 Å². The Balaban J connectivity index is 2.03. The highest BCUT2D eigenvalue weighted by atomic mass is 16.3. The van der Waals surface area contributed by atoms with Crippen LogP contribution < -0.4 is 0 Å². The minimum absolute atomic E-state index is 0.0865. The fraction of sp³-hybridized carbons (Fsp3) is 0.615. The maximum absolute atomic E-state index is 12.1. The molecule has 1 amide bonds. The number of hydrogen-bond acceptors (Lipinski definition) is 3. The van der Waals surface area contributed by atoms with Gasteiger partial charge < -0.3 is 14.4 Å². The normalized spacial score (nSPS) is 18.3. The van der Waals surface area contributed by atoms with Crippen molar-refractivity contribution in [2.45, 2.75) is 38.2 Å². The fourth-order valence-electron chi connectivity index (χ4n) is 2.52. The molecule has 1 saturated carbocycles. The molecule has 94 valence electrons. The second-order valence-electron chi connectivity index (χ2n) is 4.98. The highest BCUT2D eigenvalue weighted by Crippen LogP contribution is 2.30. The van der Waals surface area contributed by atoms with E-state index in [1.54, 1.807) is 24.9 Å². The van der Waals surface area contributed by atoms with Crippen molar-refractivity contribution in [3.8, 4) is 0 Å². The van der Waals surface area contributed by atoms with Gasteiger partial charge in [-0.05, 0) is 25.8 Å². The fourth-order valence-corrected chi connectivity index (χ4v) is 2.52. The van der Waals surface area contributed by atoms with Crippen LogP contribution in [0.1, 0.15) is 41.8 Å². The van der Waals surface area contributed by atoms with Crippen LogP contribution in [0.25, 0.3) is 0 Å². The van der Waals surface area contributed by atoms with Crippen LogP contribution in [0.2, 0.25) is 0 Å². The largest absolute Gasteiger partial charge is 0.469 e. The van der Waals surface area contributed by atoms with E-state index >= 15 is 0 Å². The summed E-state index contributed by atoms with van der Waals surface area (Å²) in [6.45, 7) is 2.17. The van der Waals surface area contributed by atoms with E-state index in [-0.39, 0.29) is 5.91 Å². The number of furan rings is 1. The topological polar surface area (TPSA) is 53.7 Å². The summed E-state index contributed by atoms with van der Waals surface area (Å²) in [4.78, 5) is 13.7. The molecule has 0 radical (unpaired) electrons. The molecule has 1 fully saturated rings. The van der Waals surface area contributed by atoms with Crippen LogP contribution in [0.4, 0.5) is 0 Å². The van der Waals surface area contributed by atoms with Gasteiger partial charge in [0.2, 0.25) is 0 Å². The molecule has 1 aliphatic rings. The van der Waals surface area contributed by atoms with Crippen molar-refractivity contribution in [2.75, 3.05) is 13.6 Å². The summed E-state index contributed by atoms with van der Waals surface area (Å²) in [6.07, 6.45) is 5.18. The number of aliphatic hydroxyl groups is 1. The first-order valence-corrected chi connectivity index (χ1v) is 6.04. The molecule has 0 saturated heterocycles. The van der Waals surface area contributed by atoms with Gasteiger partial charge in [-0.1, -0.05) is 12.8 Å². The Kier molecular flexibility index (Phi) is 3.24. The summed E-state index contributed by atoms with van der Waals surface area (Å²) in [5.74, 6) is 0.539. The van der Waals surface area contributed by atoms with Crippen molar-refractivity contribution in [1.29, 1.82) is 0 Å². The van der Waals surface area contributed by atoms with Crippen molar-refractivity contribution >= 4 is 5.91 Å². The van der Waals surface area contributed by atoms with Gasteiger partial charge in [0.05, 0.1) is 17.4 Å². The van der Waals surface area contributed by atoms with Crippen LogP contribution in [-0.4, -0.2) is 35.1 Å². The number of carbonyl (C=O) groups is 1. The van der Waals surface area contributed by atoms with E-state index in [0.717, 1.165) is 25.7 Å². The lowest BCUT2D eigenvalue weighted by Gasteiger charge is -2.28. The van der Waals surface area contributed by atoms with Crippen LogP contribution >= 0.6 is 0 Å². The zero-order valence-electron chi connectivity index (χ0n) is 10.4. The molecular weight excluding hydrogens is 218 g/mol. The van der Waals surface area contributed by atoms with Gasteiger partial charge in [-0.25, -0.2) is 0 Å². The predicted molar refractivity (Wildman–Crippen MR) is 63.8 cm³/mol. The third-order valence-corrected chi connectivity index (χ3v) is 3.50. The molecule has 1 heterocycles. The number of nitrogens with zero attached hydrogens (tertiary/aromatic N) is 1. The summed E-state index contributed by atoms with van der Waals surface area (Å²) < 4.78 is 5.12. The molecule has 1 aromatic rings. The van der Waals surface area contributed by atoms with Crippen LogP contribution in [0, 0.1) is 6.92 Å². The standard InChI is InChI=1S/C13H19NO3/c1-10-11(5-8-17-10)12(15)14(2)9-13(16)6-3-4-7-13/h5,8,16H,3-4,6-7,9H2,1-2H3. The Bertz CT molecular complexity index is 405. The maximum Gasteiger partial charge on any atom is 0.257 e. The third-order valence-electron chi connectivity index (χ3n) is 3.50. The van der Waals surface area contributed by atoms with Gasteiger partial charge in [-0.15, -0.1) is 0 Å². The second-order valence-corrected chi connectivity index (χ2v) is 4.98. The summed E-state index contributed by atoms with van der Waals surface area (Å²) in [7, 11) is 1.73. The number of aryl methyl sites for hydroxylation is 1. The first-order valence-electron chi connectivity index (χ1n) is 6.04. The van der Waals surface area contributed by atoms with Gasteiger partial charge in [-0.2, -0.15) is 0 Å². The smallest absolute Gasteiger partial charge is 0.257 e. The molecule has 1 aliphatic carbocycles. The first-order chi connectivity index (χ1) is 8.02. The van der Waals surface area contributed by atoms with E-state index in [9.17, 15) is 9.90 Å². The average Bonchev–Trinajstić information content (AvgIpc) is 2.86. The summed E-state index contributed by atoms with van der Waals surface area (Å²) in [5, 5.41) is 10.3. The Hall–Kier alpha value is -1.29. The average molecular weight is 237 g/mol. The Morgan fingerprint density at radius 3 is 2.71 bits per heavy atom. The van der Waals surface area contributed by atoms with E-state index in [4.69, 9.17) is 4.42 Å². The second kappa shape index (κ2) is 4.53.